The average molecular weight is 153 g/mol. The summed E-state index contributed by atoms with van der Waals surface area (Å²) in [7, 11) is 0. The Bertz CT molecular complexity index is 238. The molecule has 1 aromatic rings. The van der Waals surface area contributed by atoms with Crippen LogP contribution in [0.15, 0.2) is 29.8 Å². The maximum absolute atomic E-state index is 5.41. The van der Waals surface area contributed by atoms with Crippen LogP contribution in [-0.4, -0.2) is 0 Å². The van der Waals surface area contributed by atoms with Crippen molar-refractivity contribution >= 4 is 17.7 Å². The van der Waals surface area contributed by atoms with Gasteiger partial charge in [0.05, 0.1) is 0 Å². The van der Waals surface area contributed by atoms with Gasteiger partial charge in [-0.3, -0.25) is 0 Å². The molecule has 1 heteroatoms. The average Bonchev–Trinajstić information content (AvgIpc) is 1.88. The number of hydrogen-bond donors (Lipinski definition) is 0. The van der Waals surface area contributed by atoms with Gasteiger partial charge in [0.2, 0.25) is 0 Å². The van der Waals surface area contributed by atoms with Crippen molar-refractivity contribution in [2.45, 2.75) is 6.92 Å². The van der Waals surface area contributed by atoms with Crippen molar-refractivity contribution in [3.8, 4) is 0 Å². The Morgan fingerprint density at radius 1 is 1.40 bits per heavy atom. The van der Waals surface area contributed by atoms with Gasteiger partial charge in [-0.2, -0.15) is 0 Å². The standard InChI is InChI=1S/C9H9Cl/c1-8-3-2-4-9(7-8)5-6-10/h2-7H,1H3/b6-5-. The molecule has 0 N–H and O–H groups in total. The van der Waals surface area contributed by atoms with Crippen LogP contribution in [0.3, 0.4) is 0 Å². The van der Waals surface area contributed by atoms with Gasteiger partial charge in [0.1, 0.15) is 0 Å². The number of hydrogen-bond acceptors (Lipinski definition) is 0. The van der Waals surface area contributed by atoms with Crippen LogP contribution >= 0.6 is 11.6 Å². The van der Waals surface area contributed by atoms with E-state index in [1.165, 1.54) is 11.1 Å². The third-order valence-electron chi connectivity index (χ3n) is 1.30. The molecule has 52 valence electrons. The van der Waals surface area contributed by atoms with Gasteiger partial charge in [-0.15, -0.1) is 0 Å². The molecule has 0 aliphatic rings. The molecule has 0 unspecified atom stereocenters. The van der Waals surface area contributed by atoms with E-state index >= 15 is 0 Å². The van der Waals surface area contributed by atoms with E-state index in [9.17, 15) is 0 Å². The van der Waals surface area contributed by atoms with Crippen LogP contribution in [0.4, 0.5) is 0 Å². The Labute approximate surface area is 66.1 Å². The summed E-state index contributed by atoms with van der Waals surface area (Å²) in [5.41, 5.74) is 3.93. The third kappa shape index (κ3) is 1.89. The van der Waals surface area contributed by atoms with Crippen LogP contribution in [0.2, 0.25) is 0 Å². The van der Waals surface area contributed by atoms with Gasteiger partial charge in [0.15, 0.2) is 0 Å². The summed E-state index contributed by atoms with van der Waals surface area (Å²) in [6.07, 6.45) is 1.87. The summed E-state index contributed by atoms with van der Waals surface area (Å²) in [6.45, 7) is 2.06. The Balaban J connectivity index is 2.95. The molecule has 0 aromatic heterocycles. The van der Waals surface area contributed by atoms with Crippen LogP contribution in [0.5, 0.6) is 0 Å². The summed E-state index contributed by atoms with van der Waals surface area (Å²) in [5.74, 6) is 0. The molecule has 0 spiro atoms. The van der Waals surface area contributed by atoms with Gasteiger partial charge >= 0.3 is 0 Å². The predicted molar refractivity (Wildman–Crippen MR) is 46.1 cm³/mol. The van der Waals surface area contributed by atoms with Crippen LogP contribution in [0.1, 0.15) is 11.1 Å². The maximum atomic E-state index is 5.41. The lowest BCUT2D eigenvalue weighted by Gasteiger charge is -1.92. The number of rotatable bonds is 1. The first-order valence-electron chi connectivity index (χ1n) is 3.16. The van der Waals surface area contributed by atoms with E-state index in [0.717, 1.165) is 5.56 Å². The highest BCUT2D eigenvalue weighted by atomic mass is 35.5. The molecule has 0 fully saturated rings. The number of benzene rings is 1. The van der Waals surface area contributed by atoms with E-state index in [1.54, 1.807) is 0 Å². The van der Waals surface area contributed by atoms with Crippen molar-refractivity contribution in [3.63, 3.8) is 0 Å². The largest absolute Gasteiger partial charge is 0.0929 e. The van der Waals surface area contributed by atoms with Gasteiger partial charge in [0, 0.05) is 5.54 Å². The van der Waals surface area contributed by atoms with E-state index in [2.05, 4.69) is 19.1 Å². The lowest BCUT2D eigenvalue weighted by Crippen LogP contribution is -1.72. The summed E-state index contributed by atoms with van der Waals surface area (Å²) in [6, 6.07) is 8.18. The number of halogens is 1. The molecule has 0 atom stereocenters. The van der Waals surface area contributed by atoms with Crippen LogP contribution in [0.25, 0.3) is 6.08 Å². The Morgan fingerprint density at radius 3 is 2.80 bits per heavy atom. The Hall–Kier alpha value is -0.750. The third-order valence-corrected chi connectivity index (χ3v) is 1.42. The smallest absolute Gasteiger partial charge is 0.00484 e. The molecule has 0 aliphatic heterocycles. The molecular weight excluding hydrogens is 144 g/mol. The quantitative estimate of drug-likeness (QED) is 0.580. The van der Waals surface area contributed by atoms with Crippen molar-refractivity contribution < 1.29 is 0 Å². The van der Waals surface area contributed by atoms with E-state index < -0.39 is 0 Å². The second kappa shape index (κ2) is 3.43. The first-order chi connectivity index (χ1) is 4.83. The van der Waals surface area contributed by atoms with Crippen molar-refractivity contribution in [2.24, 2.45) is 0 Å². The minimum absolute atomic E-state index is 1.15. The normalized spacial score (nSPS) is 10.6. The molecule has 0 nitrogen and oxygen atoms in total. The first kappa shape index (κ1) is 7.36. The molecule has 0 amide bonds. The van der Waals surface area contributed by atoms with E-state index in [1.807, 2.05) is 18.2 Å². The molecule has 0 saturated carbocycles. The SMILES string of the molecule is Cc1cccc(/C=C\Cl)c1. The zero-order valence-electron chi connectivity index (χ0n) is 5.84. The van der Waals surface area contributed by atoms with E-state index in [4.69, 9.17) is 11.6 Å². The minimum Gasteiger partial charge on any atom is -0.0929 e. The van der Waals surface area contributed by atoms with Crippen molar-refractivity contribution in [3.05, 3.63) is 40.9 Å². The molecular formula is C9H9Cl. The van der Waals surface area contributed by atoms with Gasteiger partial charge in [0.25, 0.3) is 0 Å². The lowest BCUT2D eigenvalue weighted by molar-refractivity contribution is 1.46. The Morgan fingerprint density at radius 2 is 2.20 bits per heavy atom. The lowest BCUT2D eigenvalue weighted by atomic mass is 10.1. The molecule has 0 bridgehead atoms. The van der Waals surface area contributed by atoms with Crippen LogP contribution in [-0.2, 0) is 0 Å². The van der Waals surface area contributed by atoms with Crippen molar-refractivity contribution in [2.75, 3.05) is 0 Å². The summed E-state index contributed by atoms with van der Waals surface area (Å²) >= 11 is 5.41. The molecule has 0 heterocycles. The molecule has 0 radical (unpaired) electrons. The van der Waals surface area contributed by atoms with Gasteiger partial charge in [-0.1, -0.05) is 41.4 Å². The fourth-order valence-corrected chi connectivity index (χ4v) is 0.992. The fourth-order valence-electron chi connectivity index (χ4n) is 0.847. The summed E-state index contributed by atoms with van der Waals surface area (Å²) in [5, 5.41) is 0. The molecule has 0 aliphatic carbocycles. The van der Waals surface area contributed by atoms with Gasteiger partial charge in [-0.05, 0) is 18.6 Å². The fraction of sp³-hybridized carbons (Fsp3) is 0.111. The molecule has 1 rings (SSSR count). The van der Waals surface area contributed by atoms with Crippen molar-refractivity contribution in [1.82, 2.24) is 0 Å². The van der Waals surface area contributed by atoms with Crippen LogP contribution in [0, 0.1) is 6.92 Å². The van der Waals surface area contributed by atoms with Gasteiger partial charge < -0.3 is 0 Å². The monoisotopic (exact) mass is 152 g/mol. The number of aryl methyl sites for hydroxylation is 1. The first-order valence-corrected chi connectivity index (χ1v) is 3.60. The highest BCUT2D eigenvalue weighted by Gasteiger charge is 1.84. The predicted octanol–water partition coefficient (Wildman–Crippen LogP) is 3.20. The van der Waals surface area contributed by atoms with Gasteiger partial charge in [-0.25, -0.2) is 0 Å². The topological polar surface area (TPSA) is 0 Å². The minimum atomic E-state index is 1.15. The second-order valence-corrected chi connectivity index (χ2v) is 2.46. The highest BCUT2D eigenvalue weighted by molar-refractivity contribution is 6.27. The summed E-state index contributed by atoms with van der Waals surface area (Å²) in [4.78, 5) is 0. The van der Waals surface area contributed by atoms with E-state index in [0.29, 0.717) is 0 Å². The Kier molecular flexibility index (Phi) is 2.52. The van der Waals surface area contributed by atoms with Crippen molar-refractivity contribution in [1.29, 1.82) is 0 Å². The zero-order chi connectivity index (χ0) is 7.40. The van der Waals surface area contributed by atoms with E-state index in [-0.39, 0.29) is 0 Å². The molecule has 10 heavy (non-hydrogen) atoms. The van der Waals surface area contributed by atoms with Crippen LogP contribution < -0.4 is 0 Å². The summed E-state index contributed by atoms with van der Waals surface area (Å²) < 4.78 is 0. The maximum Gasteiger partial charge on any atom is 0.00484 e. The zero-order valence-corrected chi connectivity index (χ0v) is 6.60. The highest BCUT2D eigenvalue weighted by Crippen LogP contribution is 2.05. The molecule has 0 saturated heterocycles. The molecule has 1 aromatic carbocycles. The second-order valence-electron chi connectivity index (χ2n) is 2.21.